The van der Waals surface area contributed by atoms with Crippen molar-refractivity contribution in [1.29, 1.82) is 0 Å². The summed E-state index contributed by atoms with van der Waals surface area (Å²) in [6.07, 6.45) is 0. The second-order valence-electron chi connectivity index (χ2n) is 3.80. The molecule has 0 saturated heterocycles. The van der Waals surface area contributed by atoms with Gasteiger partial charge in [0.15, 0.2) is 0 Å². The largest absolute Gasteiger partial charge is 0.508 e. The van der Waals surface area contributed by atoms with Gasteiger partial charge in [-0.25, -0.2) is 0 Å². The van der Waals surface area contributed by atoms with E-state index in [1.54, 1.807) is 13.2 Å². The van der Waals surface area contributed by atoms with Crippen molar-refractivity contribution in [3.63, 3.8) is 0 Å². The normalized spacial score (nSPS) is 10.0. The minimum atomic E-state index is 0.295. The van der Waals surface area contributed by atoms with Gasteiger partial charge in [-0.05, 0) is 43.3 Å². The van der Waals surface area contributed by atoms with Crippen LogP contribution < -0.4 is 10.1 Å². The Morgan fingerprint density at radius 1 is 1.06 bits per heavy atom. The van der Waals surface area contributed by atoms with Gasteiger partial charge in [0, 0.05) is 16.9 Å². The predicted molar refractivity (Wildman–Crippen MR) is 69.1 cm³/mol. The Kier molecular flexibility index (Phi) is 3.19. The van der Waals surface area contributed by atoms with E-state index in [0.717, 1.165) is 22.7 Å². The van der Waals surface area contributed by atoms with E-state index in [2.05, 4.69) is 5.32 Å². The van der Waals surface area contributed by atoms with Crippen LogP contribution in [-0.4, -0.2) is 12.2 Å². The van der Waals surface area contributed by atoms with Gasteiger partial charge in [0.25, 0.3) is 0 Å². The summed E-state index contributed by atoms with van der Waals surface area (Å²) in [5.74, 6) is 1.12. The third-order valence-corrected chi connectivity index (χ3v) is 2.67. The topological polar surface area (TPSA) is 41.5 Å². The Labute approximate surface area is 101 Å². The summed E-state index contributed by atoms with van der Waals surface area (Å²) in [4.78, 5) is 0. The molecule has 0 aliphatic carbocycles. The highest BCUT2D eigenvalue weighted by molar-refractivity contribution is 5.65. The van der Waals surface area contributed by atoms with Crippen LogP contribution in [0.3, 0.4) is 0 Å². The van der Waals surface area contributed by atoms with E-state index < -0.39 is 0 Å². The molecule has 17 heavy (non-hydrogen) atoms. The quantitative estimate of drug-likeness (QED) is 0.847. The highest BCUT2D eigenvalue weighted by atomic mass is 16.5. The smallest absolute Gasteiger partial charge is 0.120 e. The third-order valence-electron chi connectivity index (χ3n) is 2.67. The molecule has 0 aromatic heterocycles. The highest BCUT2D eigenvalue weighted by Gasteiger charge is 2.02. The molecule has 3 nitrogen and oxygen atoms in total. The fourth-order valence-electron chi connectivity index (χ4n) is 1.59. The molecule has 0 spiro atoms. The van der Waals surface area contributed by atoms with Gasteiger partial charge in [-0.1, -0.05) is 6.07 Å². The van der Waals surface area contributed by atoms with E-state index in [-0.39, 0.29) is 0 Å². The Morgan fingerprint density at radius 2 is 1.76 bits per heavy atom. The second-order valence-corrected chi connectivity index (χ2v) is 3.80. The van der Waals surface area contributed by atoms with E-state index in [9.17, 15) is 5.11 Å². The monoisotopic (exact) mass is 229 g/mol. The standard InChI is InChI=1S/C14H15NO2/c1-10-13(4-3-5-14(10)16)15-11-6-8-12(17-2)9-7-11/h3-9,15-16H,1-2H3. The van der Waals surface area contributed by atoms with Crippen LogP contribution in [-0.2, 0) is 0 Å². The van der Waals surface area contributed by atoms with Gasteiger partial charge >= 0.3 is 0 Å². The van der Waals surface area contributed by atoms with Gasteiger partial charge in [-0.2, -0.15) is 0 Å². The molecule has 0 aliphatic rings. The van der Waals surface area contributed by atoms with Crippen molar-refractivity contribution in [3.05, 3.63) is 48.0 Å². The lowest BCUT2D eigenvalue weighted by Crippen LogP contribution is -1.93. The van der Waals surface area contributed by atoms with E-state index in [1.807, 2.05) is 43.3 Å². The summed E-state index contributed by atoms with van der Waals surface area (Å²) < 4.78 is 5.09. The summed E-state index contributed by atoms with van der Waals surface area (Å²) in [5.41, 5.74) is 2.69. The summed E-state index contributed by atoms with van der Waals surface area (Å²) in [6.45, 7) is 1.88. The molecule has 0 amide bonds. The minimum absolute atomic E-state index is 0.295. The number of ether oxygens (including phenoxy) is 1. The average molecular weight is 229 g/mol. The fraction of sp³-hybridized carbons (Fsp3) is 0.143. The number of hydrogen-bond donors (Lipinski definition) is 2. The van der Waals surface area contributed by atoms with Crippen molar-refractivity contribution in [2.75, 3.05) is 12.4 Å². The lowest BCUT2D eigenvalue weighted by Gasteiger charge is -2.11. The number of anilines is 2. The number of phenols is 1. The third kappa shape index (κ3) is 2.50. The number of methoxy groups -OCH3 is 1. The maximum Gasteiger partial charge on any atom is 0.120 e. The summed E-state index contributed by atoms with van der Waals surface area (Å²) >= 11 is 0. The average Bonchev–Trinajstić information content (AvgIpc) is 2.36. The zero-order valence-electron chi connectivity index (χ0n) is 9.90. The van der Waals surface area contributed by atoms with Crippen LogP contribution in [0.4, 0.5) is 11.4 Å². The lowest BCUT2D eigenvalue weighted by molar-refractivity contribution is 0.415. The van der Waals surface area contributed by atoms with Gasteiger partial charge in [0.05, 0.1) is 7.11 Å². The SMILES string of the molecule is COc1ccc(Nc2cccc(O)c2C)cc1. The molecule has 0 atom stereocenters. The molecule has 2 rings (SSSR count). The molecule has 2 aromatic rings. The number of benzene rings is 2. The van der Waals surface area contributed by atoms with Crippen LogP contribution in [0.2, 0.25) is 0 Å². The number of hydrogen-bond acceptors (Lipinski definition) is 3. The molecule has 0 saturated carbocycles. The molecular formula is C14H15NO2. The van der Waals surface area contributed by atoms with E-state index in [1.165, 1.54) is 0 Å². The molecule has 2 N–H and O–H groups in total. The van der Waals surface area contributed by atoms with Crippen LogP contribution in [0.5, 0.6) is 11.5 Å². The first-order valence-electron chi connectivity index (χ1n) is 5.40. The van der Waals surface area contributed by atoms with E-state index in [4.69, 9.17) is 4.74 Å². The Bertz CT molecular complexity index is 506. The minimum Gasteiger partial charge on any atom is -0.508 e. The van der Waals surface area contributed by atoms with Crippen molar-refractivity contribution in [2.45, 2.75) is 6.92 Å². The molecule has 0 radical (unpaired) electrons. The molecule has 0 unspecified atom stereocenters. The molecule has 0 bridgehead atoms. The first-order chi connectivity index (χ1) is 8.20. The molecule has 3 heteroatoms. The van der Waals surface area contributed by atoms with Gasteiger partial charge in [0.2, 0.25) is 0 Å². The first-order valence-corrected chi connectivity index (χ1v) is 5.40. The van der Waals surface area contributed by atoms with Gasteiger partial charge in [-0.3, -0.25) is 0 Å². The number of nitrogens with one attached hydrogen (secondary N) is 1. The highest BCUT2D eigenvalue weighted by Crippen LogP contribution is 2.27. The van der Waals surface area contributed by atoms with E-state index >= 15 is 0 Å². The number of aromatic hydroxyl groups is 1. The predicted octanol–water partition coefficient (Wildman–Crippen LogP) is 3.45. The van der Waals surface area contributed by atoms with Crippen molar-refractivity contribution >= 4 is 11.4 Å². The zero-order chi connectivity index (χ0) is 12.3. The Morgan fingerprint density at radius 3 is 2.41 bits per heavy atom. The maximum atomic E-state index is 9.60. The number of phenolic OH excluding ortho intramolecular Hbond substituents is 1. The second kappa shape index (κ2) is 4.78. The van der Waals surface area contributed by atoms with Crippen molar-refractivity contribution < 1.29 is 9.84 Å². The fourth-order valence-corrected chi connectivity index (χ4v) is 1.59. The van der Waals surface area contributed by atoms with Gasteiger partial charge in [-0.15, -0.1) is 0 Å². The van der Waals surface area contributed by atoms with Crippen molar-refractivity contribution in [3.8, 4) is 11.5 Å². The Balaban J connectivity index is 2.22. The van der Waals surface area contributed by atoms with Crippen LogP contribution in [0.15, 0.2) is 42.5 Å². The van der Waals surface area contributed by atoms with Crippen LogP contribution in [0.1, 0.15) is 5.56 Å². The maximum absolute atomic E-state index is 9.60. The van der Waals surface area contributed by atoms with Crippen molar-refractivity contribution in [2.24, 2.45) is 0 Å². The van der Waals surface area contributed by atoms with Gasteiger partial charge < -0.3 is 15.2 Å². The molecule has 0 heterocycles. The number of rotatable bonds is 3. The van der Waals surface area contributed by atoms with E-state index in [0.29, 0.717) is 5.75 Å². The van der Waals surface area contributed by atoms with Crippen molar-refractivity contribution in [1.82, 2.24) is 0 Å². The molecule has 2 aromatic carbocycles. The molecule has 0 aliphatic heterocycles. The summed E-state index contributed by atoms with van der Waals surface area (Å²) in [5, 5.41) is 12.8. The van der Waals surface area contributed by atoms with Crippen LogP contribution in [0.25, 0.3) is 0 Å². The lowest BCUT2D eigenvalue weighted by atomic mass is 10.1. The van der Waals surface area contributed by atoms with Crippen LogP contribution in [0, 0.1) is 6.92 Å². The molecule has 88 valence electrons. The zero-order valence-corrected chi connectivity index (χ0v) is 9.90. The first kappa shape index (κ1) is 11.3. The summed E-state index contributed by atoms with van der Waals surface area (Å²) in [6, 6.07) is 13.1. The Hall–Kier alpha value is -2.16. The van der Waals surface area contributed by atoms with Crippen LogP contribution >= 0.6 is 0 Å². The molecule has 0 fully saturated rings. The van der Waals surface area contributed by atoms with Gasteiger partial charge in [0.1, 0.15) is 11.5 Å². The molecular weight excluding hydrogens is 214 g/mol. The summed E-state index contributed by atoms with van der Waals surface area (Å²) in [7, 11) is 1.64.